The van der Waals surface area contributed by atoms with Gasteiger partial charge in [-0.1, -0.05) is 0 Å². The van der Waals surface area contributed by atoms with Gasteiger partial charge in [0.25, 0.3) is 6.09 Å². The highest BCUT2D eigenvalue weighted by Gasteiger charge is 2.38. The Kier molecular flexibility index (Phi) is 2.99. The Morgan fingerprint density at radius 2 is 2.47 bits per heavy atom. The van der Waals surface area contributed by atoms with Gasteiger partial charge >= 0.3 is 0 Å². The molecule has 0 aliphatic carbocycles. The zero-order valence-corrected chi connectivity index (χ0v) is 8.08. The number of halogens is 1. The molecule has 2 heterocycles. The lowest BCUT2D eigenvalue weighted by Gasteiger charge is -2.27. The van der Waals surface area contributed by atoms with Crippen LogP contribution in [0.4, 0.5) is 4.39 Å². The van der Waals surface area contributed by atoms with Crippen LogP contribution >= 0.6 is 0 Å². The maximum atomic E-state index is 13.3. The van der Waals surface area contributed by atoms with Crippen molar-refractivity contribution in [1.29, 1.82) is 0 Å². The molecule has 2 aliphatic rings. The molecular formula is C9H13FN2O3. The molecule has 1 fully saturated rings. The van der Waals surface area contributed by atoms with Crippen molar-refractivity contribution in [3.63, 3.8) is 0 Å². The van der Waals surface area contributed by atoms with Crippen LogP contribution in [0.25, 0.3) is 0 Å². The van der Waals surface area contributed by atoms with Crippen molar-refractivity contribution in [2.45, 2.75) is 24.9 Å². The SMILES string of the molecule is OC[C@H]1O[C@@H](N2CC=CN=C2F)C[C@@H]1O. The molecule has 84 valence electrons. The second-order valence-corrected chi connectivity index (χ2v) is 3.55. The third-order valence-electron chi connectivity index (χ3n) is 2.56. The summed E-state index contributed by atoms with van der Waals surface area (Å²) >= 11 is 0. The number of amidine groups is 1. The number of aliphatic hydroxyl groups is 2. The molecule has 0 amide bonds. The normalized spacial score (nSPS) is 35.8. The van der Waals surface area contributed by atoms with E-state index in [4.69, 9.17) is 9.84 Å². The van der Waals surface area contributed by atoms with Crippen LogP contribution in [0.5, 0.6) is 0 Å². The van der Waals surface area contributed by atoms with Gasteiger partial charge in [-0.05, 0) is 6.08 Å². The van der Waals surface area contributed by atoms with Gasteiger partial charge in [0.05, 0.1) is 12.7 Å². The van der Waals surface area contributed by atoms with Gasteiger partial charge in [0.1, 0.15) is 12.3 Å². The summed E-state index contributed by atoms with van der Waals surface area (Å²) in [5.41, 5.74) is 0. The molecule has 0 saturated carbocycles. The van der Waals surface area contributed by atoms with Crippen molar-refractivity contribution in [1.82, 2.24) is 4.90 Å². The minimum Gasteiger partial charge on any atom is -0.394 e. The van der Waals surface area contributed by atoms with Gasteiger partial charge in [0.2, 0.25) is 0 Å². The van der Waals surface area contributed by atoms with E-state index in [-0.39, 0.29) is 13.0 Å². The zero-order chi connectivity index (χ0) is 10.8. The summed E-state index contributed by atoms with van der Waals surface area (Å²) in [6.45, 7) is 0.102. The Bertz CT molecular complexity index is 295. The summed E-state index contributed by atoms with van der Waals surface area (Å²) < 4.78 is 18.6. The van der Waals surface area contributed by atoms with Crippen molar-refractivity contribution in [2.24, 2.45) is 4.99 Å². The monoisotopic (exact) mass is 216 g/mol. The lowest BCUT2D eigenvalue weighted by atomic mass is 10.2. The summed E-state index contributed by atoms with van der Waals surface area (Å²) in [5.74, 6) is 0. The molecule has 2 aliphatic heterocycles. The van der Waals surface area contributed by atoms with Crippen molar-refractivity contribution >= 4 is 6.09 Å². The summed E-state index contributed by atoms with van der Waals surface area (Å²) in [5, 5.41) is 18.4. The highest BCUT2D eigenvalue weighted by molar-refractivity contribution is 5.74. The number of nitrogens with zero attached hydrogens (tertiary/aromatic N) is 2. The molecule has 0 aromatic heterocycles. The average Bonchev–Trinajstić information content (AvgIpc) is 2.60. The third-order valence-corrected chi connectivity index (χ3v) is 2.56. The molecule has 6 heteroatoms. The number of ether oxygens (including phenoxy) is 1. The number of aliphatic hydroxyl groups excluding tert-OH is 2. The van der Waals surface area contributed by atoms with Crippen LogP contribution in [-0.4, -0.2) is 52.8 Å². The van der Waals surface area contributed by atoms with E-state index in [1.54, 1.807) is 6.08 Å². The predicted octanol–water partition coefficient (Wildman–Crippen LogP) is -0.391. The standard InChI is InChI=1S/C9H13FN2O3/c10-9-11-2-1-3-12(9)8-4-6(14)7(5-13)15-8/h1-2,6-8,13-14H,3-5H2/t6-,7+,8+/m0/s1. The highest BCUT2D eigenvalue weighted by Crippen LogP contribution is 2.24. The Hall–Kier alpha value is -0.980. The smallest absolute Gasteiger partial charge is 0.287 e. The van der Waals surface area contributed by atoms with Crippen LogP contribution in [0.15, 0.2) is 17.3 Å². The van der Waals surface area contributed by atoms with Gasteiger partial charge in [-0.15, -0.1) is 0 Å². The molecule has 0 radical (unpaired) electrons. The fourth-order valence-electron chi connectivity index (χ4n) is 1.73. The molecule has 0 aromatic carbocycles. The van der Waals surface area contributed by atoms with Crippen LogP contribution in [0.2, 0.25) is 0 Å². The van der Waals surface area contributed by atoms with Crippen LogP contribution in [-0.2, 0) is 4.74 Å². The van der Waals surface area contributed by atoms with E-state index in [0.29, 0.717) is 6.54 Å². The maximum absolute atomic E-state index is 13.3. The minimum atomic E-state index is -0.751. The number of hydrogen-bond acceptors (Lipinski definition) is 5. The molecule has 5 nitrogen and oxygen atoms in total. The predicted molar refractivity (Wildman–Crippen MR) is 50.8 cm³/mol. The fourth-order valence-corrected chi connectivity index (χ4v) is 1.73. The fraction of sp³-hybridized carbons (Fsp3) is 0.667. The van der Waals surface area contributed by atoms with Crippen LogP contribution < -0.4 is 0 Å². The van der Waals surface area contributed by atoms with Gasteiger partial charge in [-0.3, -0.25) is 0 Å². The quantitative estimate of drug-likeness (QED) is 0.617. The average molecular weight is 216 g/mol. The van der Waals surface area contributed by atoms with Crippen molar-refractivity contribution in [3.05, 3.63) is 12.3 Å². The Balaban J connectivity index is 2.01. The zero-order valence-electron chi connectivity index (χ0n) is 8.08. The first-order valence-electron chi connectivity index (χ1n) is 4.81. The van der Waals surface area contributed by atoms with Gasteiger partial charge < -0.3 is 19.8 Å². The lowest BCUT2D eigenvalue weighted by molar-refractivity contribution is -0.0582. The summed E-state index contributed by atoms with van der Waals surface area (Å²) in [6.07, 6.45) is 0.819. The molecule has 2 rings (SSSR count). The summed E-state index contributed by atoms with van der Waals surface area (Å²) in [4.78, 5) is 4.82. The summed E-state index contributed by atoms with van der Waals surface area (Å²) in [6, 6.07) is 0. The molecular weight excluding hydrogens is 203 g/mol. The molecule has 15 heavy (non-hydrogen) atoms. The minimum absolute atomic E-state index is 0.264. The van der Waals surface area contributed by atoms with E-state index in [0.717, 1.165) is 0 Å². The number of rotatable bonds is 2. The highest BCUT2D eigenvalue weighted by atomic mass is 19.1. The van der Waals surface area contributed by atoms with E-state index in [1.807, 2.05) is 0 Å². The van der Waals surface area contributed by atoms with Gasteiger partial charge in [-0.25, -0.2) is 4.99 Å². The second-order valence-electron chi connectivity index (χ2n) is 3.55. The molecule has 0 unspecified atom stereocenters. The lowest BCUT2D eigenvalue weighted by Crippen LogP contribution is -2.39. The van der Waals surface area contributed by atoms with Crippen LogP contribution in [0, 0.1) is 0 Å². The van der Waals surface area contributed by atoms with Crippen molar-refractivity contribution in [2.75, 3.05) is 13.2 Å². The van der Waals surface area contributed by atoms with Gasteiger partial charge in [-0.2, -0.15) is 4.39 Å². The Morgan fingerprint density at radius 3 is 3.07 bits per heavy atom. The van der Waals surface area contributed by atoms with Gasteiger partial charge in [0, 0.05) is 19.2 Å². The van der Waals surface area contributed by atoms with Crippen molar-refractivity contribution < 1.29 is 19.3 Å². The van der Waals surface area contributed by atoms with E-state index in [2.05, 4.69) is 4.99 Å². The first-order chi connectivity index (χ1) is 7.22. The number of aliphatic imine (C=N–C) groups is 1. The molecule has 1 saturated heterocycles. The van der Waals surface area contributed by atoms with E-state index in [1.165, 1.54) is 11.1 Å². The van der Waals surface area contributed by atoms with Gasteiger partial charge in [0.15, 0.2) is 0 Å². The molecule has 2 N–H and O–H groups in total. The Morgan fingerprint density at radius 1 is 1.67 bits per heavy atom. The van der Waals surface area contributed by atoms with Crippen molar-refractivity contribution in [3.8, 4) is 0 Å². The molecule has 0 aromatic rings. The van der Waals surface area contributed by atoms with E-state index in [9.17, 15) is 9.50 Å². The first-order valence-corrected chi connectivity index (χ1v) is 4.81. The number of hydrogen-bond donors (Lipinski definition) is 2. The first kappa shape index (κ1) is 10.5. The Labute approximate surface area is 86.5 Å². The second kappa shape index (κ2) is 4.26. The molecule has 0 spiro atoms. The topological polar surface area (TPSA) is 65.3 Å². The maximum Gasteiger partial charge on any atom is 0.287 e. The van der Waals surface area contributed by atoms with Crippen LogP contribution in [0.1, 0.15) is 6.42 Å². The van der Waals surface area contributed by atoms with Crippen LogP contribution in [0.3, 0.4) is 0 Å². The van der Waals surface area contributed by atoms with E-state index >= 15 is 0 Å². The van der Waals surface area contributed by atoms with E-state index < -0.39 is 24.5 Å². The molecule has 0 bridgehead atoms. The largest absolute Gasteiger partial charge is 0.394 e. The summed E-state index contributed by atoms with van der Waals surface area (Å²) in [7, 11) is 0. The third kappa shape index (κ3) is 2.01. The molecule has 3 atom stereocenters.